The third-order valence-electron chi connectivity index (χ3n) is 4.92. The van der Waals surface area contributed by atoms with Crippen molar-refractivity contribution in [3.63, 3.8) is 0 Å². The fourth-order valence-corrected chi connectivity index (χ4v) is 7.55. The van der Waals surface area contributed by atoms with Crippen molar-refractivity contribution in [1.29, 1.82) is 0 Å². The SMILES string of the molecule is O=C(N=C1S[C@H]2CS(=O)(=O)C[C@@H]2N1c1ccc2c(c1)OCO2)c1ccccc1. The standard InChI is InChI=1S/C19H16N2O5S2/c22-18(12-4-2-1-3-5-12)20-19-21(14-9-28(23,24)10-17(14)27-19)13-6-7-15-16(8-13)26-11-25-15/h1-8,14,17H,9-11H2/t14-,17-/m0/s1. The molecule has 0 bridgehead atoms. The number of amides is 1. The molecule has 2 aromatic carbocycles. The van der Waals surface area contributed by atoms with Crippen LogP contribution in [0.5, 0.6) is 11.5 Å². The lowest BCUT2D eigenvalue weighted by atomic mass is 10.2. The van der Waals surface area contributed by atoms with Gasteiger partial charge < -0.3 is 14.4 Å². The summed E-state index contributed by atoms with van der Waals surface area (Å²) in [7, 11) is -3.12. The van der Waals surface area contributed by atoms with Gasteiger partial charge in [-0.3, -0.25) is 4.79 Å². The number of carbonyl (C=O) groups excluding carboxylic acids is 1. The summed E-state index contributed by atoms with van der Waals surface area (Å²) in [6, 6.07) is 14.0. The van der Waals surface area contributed by atoms with E-state index >= 15 is 0 Å². The smallest absolute Gasteiger partial charge is 0.279 e. The van der Waals surface area contributed by atoms with Crippen LogP contribution < -0.4 is 14.4 Å². The van der Waals surface area contributed by atoms with Gasteiger partial charge in [0.1, 0.15) is 0 Å². The molecule has 3 heterocycles. The normalized spacial score (nSPS) is 25.9. The molecule has 0 N–H and O–H groups in total. The summed E-state index contributed by atoms with van der Waals surface area (Å²) in [5.41, 5.74) is 1.23. The number of nitrogens with zero attached hydrogens (tertiary/aromatic N) is 2. The lowest BCUT2D eigenvalue weighted by Gasteiger charge is -2.24. The third kappa shape index (κ3) is 3.04. The van der Waals surface area contributed by atoms with Crippen molar-refractivity contribution in [3.8, 4) is 11.5 Å². The molecule has 28 heavy (non-hydrogen) atoms. The molecule has 0 spiro atoms. The van der Waals surface area contributed by atoms with Crippen molar-refractivity contribution < 1.29 is 22.7 Å². The van der Waals surface area contributed by atoms with Crippen LogP contribution in [0, 0.1) is 0 Å². The molecule has 3 aliphatic heterocycles. The van der Waals surface area contributed by atoms with Gasteiger partial charge in [0.05, 0.1) is 17.5 Å². The second-order valence-electron chi connectivity index (χ2n) is 6.77. The van der Waals surface area contributed by atoms with Gasteiger partial charge in [0.15, 0.2) is 26.5 Å². The summed E-state index contributed by atoms with van der Waals surface area (Å²) in [4.78, 5) is 18.8. The van der Waals surface area contributed by atoms with E-state index in [1.54, 1.807) is 36.4 Å². The first-order valence-corrected chi connectivity index (χ1v) is 11.4. The van der Waals surface area contributed by atoms with Gasteiger partial charge in [0, 0.05) is 22.6 Å². The molecule has 0 unspecified atom stereocenters. The average molecular weight is 416 g/mol. The summed E-state index contributed by atoms with van der Waals surface area (Å²) < 4.78 is 35.1. The van der Waals surface area contributed by atoms with Crippen LogP contribution in [0.25, 0.3) is 0 Å². The number of carbonyl (C=O) groups is 1. The number of amidine groups is 1. The van der Waals surface area contributed by atoms with Gasteiger partial charge in [-0.1, -0.05) is 30.0 Å². The lowest BCUT2D eigenvalue weighted by molar-refractivity contribution is 0.100. The zero-order valence-electron chi connectivity index (χ0n) is 14.6. The van der Waals surface area contributed by atoms with Crippen LogP contribution >= 0.6 is 11.8 Å². The van der Waals surface area contributed by atoms with Gasteiger partial charge in [-0.15, -0.1) is 0 Å². The van der Waals surface area contributed by atoms with E-state index in [9.17, 15) is 13.2 Å². The average Bonchev–Trinajstić information content (AvgIpc) is 3.33. The van der Waals surface area contributed by atoms with Crippen LogP contribution in [0.15, 0.2) is 53.5 Å². The van der Waals surface area contributed by atoms with E-state index in [0.717, 1.165) is 5.69 Å². The van der Waals surface area contributed by atoms with E-state index in [4.69, 9.17) is 9.47 Å². The molecule has 3 aliphatic rings. The number of hydrogen-bond acceptors (Lipinski definition) is 6. The van der Waals surface area contributed by atoms with Crippen molar-refractivity contribution >= 4 is 38.4 Å². The van der Waals surface area contributed by atoms with E-state index < -0.39 is 9.84 Å². The first-order valence-electron chi connectivity index (χ1n) is 8.74. The highest BCUT2D eigenvalue weighted by Gasteiger charge is 2.49. The fraction of sp³-hybridized carbons (Fsp3) is 0.263. The minimum absolute atomic E-state index is 0.0393. The molecule has 0 aromatic heterocycles. The van der Waals surface area contributed by atoms with Crippen molar-refractivity contribution in [2.75, 3.05) is 23.2 Å². The second kappa shape index (κ2) is 6.52. The maximum atomic E-state index is 12.6. The summed E-state index contributed by atoms with van der Waals surface area (Å²) in [5, 5.41) is 0.357. The van der Waals surface area contributed by atoms with Gasteiger partial charge in [0.25, 0.3) is 5.91 Å². The molecule has 0 radical (unpaired) electrons. The highest BCUT2D eigenvalue weighted by Crippen LogP contribution is 2.44. The zero-order valence-corrected chi connectivity index (χ0v) is 16.3. The van der Waals surface area contributed by atoms with Gasteiger partial charge in [-0.05, 0) is 24.3 Å². The number of anilines is 1. The number of hydrogen-bond donors (Lipinski definition) is 0. The zero-order chi connectivity index (χ0) is 19.3. The van der Waals surface area contributed by atoms with E-state index in [0.29, 0.717) is 22.2 Å². The van der Waals surface area contributed by atoms with Crippen molar-refractivity contribution in [3.05, 3.63) is 54.1 Å². The van der Waals surface area contributed by atoms with E-state index in [-0.39, 0.29) is 35.5 Å². The summed E-state index contributed by atoms with van der Waals surface area (Å²) in [6.45, 7) is 0.154. The van der Waals surface area contributed by atoms with Crippen molar-refractivity contribution in [2.24, 2.45) is 4.99 Å². The Balaban J connectivity index is 1.55. The maximum Gasteiger partial charge on any atom is 0.279 e. The number of benzene rings is 2. The minimum atomic E-state index is -3.12. The number of thioether (sulfide) groups is 1. The molecule has 2 saturated heterocycles. The molecule has 2 fully saturated rings. The summed E-state index contributed by atoms with van der Waals surface area (Å²) in [6.07, 6.45) is 0. The molecule has 5 rings (SSSR count). The van der Waals surface area contributed by atoms with Crippen LogP contribution in [0.3, 0.4) is 0 Å². The van der Waals surface area contributed by atoms with Gasteiger partial charge in [-0.25, -0.2) is 8.42 Å². The largest absolute Gasteiger partial charge is 0.454 e. The quantitative estimate of drug-likeness (QED) is 0.743. The van der Waals surface area contributed by atoms with E-state index in [2.05, 4.69) is 4.99 Å². The molecule has 2 atom stereocenters. The number of aliphatic imine (C=N–C) groups is 1. The molecule has 144 valence electrons. The van der Waals surface area contributed by atoms with Crippen LogP contribution in [-0.2, 0) is 9.84 Å². The Kier molecular flexibility index (Phi) is 4.09. The Bertz CT molecular complexity index is 1080. The van der Waals surface area contributed by atoms with Crippen molar-refractivity contribution in [1.82, 2.24) is 0 Å². The second-order valence-corrected chi connectivity index (χ2v) is 10.1. The number of ether oxygens (including phenoxy) is 2. The highest BCUT2D eigenvalue weighted by atomic mass is 32.2. The van der Waals surface area contributed by atoms with Crippen LogP contribution in [0.1, 0.15) is 10.4 Å². The van der Waals surface area contributed by atoms with Crippen LogP contribution in [0.2, 0.25) is 0 Å². The van der Waals surface area contributed by atoms with E-state index in [1.165, 1.54) is 11.8 Å². The van der Waals surface area contributed by atoms with E-state index in [1.807, 2.05) is 17.0 Å². The first kappa shape index (κ1) is 17.6. The first-order chi connectivity index (χ1) is 13.5. The number of sulfone groups is 1. The lowest BCUT2D eigenvalue weighted by Crippen LogP contribution is -2.37. The summed E-state index contributed by atoms with van der Waals surface area (Å²) in [5.74, 6) is 1.02. The molecule has 7 nitrogen and oxygen atoms in total. The Morgan fingerprint density at radius 2 is 1.86 bits per heavy atom. The predicted molar refractivity (Wildman–Crippen MR) is 107 cm³/mol. The molecular formula is C19H16N2O5S2. The summed E-state index contributed by atoms with van der Waals surface area (Å²) >= 11 is 1.35. The Labute approximate surface area is 166 Å². The molecule has 0 saturated carbocycles. The monoisotopic (exact) mass is 416 g/mol. The highest BCUT2D eigenvalue weighted by molar-refractivity contribution is 8.16. The Morgan fingerprint density at radius 1 is 1.07 bits per heavy atom. The fourth-order valence-electron chi connectivity index (χ4n) is 3.63. The van der Waals surface area contributed by atoms with Gasteiger partial charge in [-0.2, -0.15) is 4.99 Å². The molecular weight excluding hydrogens is 400 g/mol. The van der Waals surface area contributed by atoms with Crippen molar-refractivity contribution in [2.45, 2.75) is 11.3 Å². The minimum Gasteiger partial charge on any atom is -0.454 e. The van der Waals surface area contributed by atoms with Crippen LogP contribution in [-0.4, -0.2) is 49.1 Å². The molecule has 9 heteroatoms. The number of rotatable bonds is 2. The Morgan fingerprint density at radius 3 is 2.68 bits per heavy atom. The molecule has 0 aliphatic carbocycles. The third-order valence-corrected chi connectivity index (χ3v) is 8.13. The molecule has 1 amide bonds. The van der Waals surface area contributed by atoms with Gasteiger partial charge >= 0.3 is 0 Å². The molecule has 2 aromatic rings. The Hall–Kier alpha value is -2.52. The topological polar surface area (TPSA) is 85.3 Å². The number of fused-ring (bicyclic) bond motifs is 2. The maximum absolute atomic E-state index is 12.6. The van der Waals surface area contributed by atoms with Gasteiger partial charge in [0.2, 0.25) is 6.79 Å². The van der Waals surface area contributed by atoms with Crippen LogP contribution in [0.4, 0.5) is 5.69 Å². The predicted octanol–water partition coefficient (Wildman–Crippen LogP) is 2.33.